The van der Waals surface area contributed by atoms with Gasteiger partial charge in [-0.25, -0.2) is 0 Å². The predicted octanol–water partition coefficient (Wildman–Crippen LogP) is 1.25. The van der Waals surface area contributed by atoms with Crippen molar-refractivity contribution in [2.75, 3.05) is 0 Å². The summed E-state index contributed by atoms with van der Waals surface area (Å²) in [6.45, 7) is 1.49. The van der Waals surface area contributed by atoms with Crippen LogP contribution in [0.5, 0.6) is 0 Å². The lowest BCUT2D eigenvalue weighted by Gasteiger charge is -2.28. The van der Waals surface area contributed by atoms with E-state index in [0.29, 0.717) is 12.1 Å². The van der Waals surface area contributed by atoms with Crippen LogP contribution in [0.25, 0.3) is 0 Å². The fraction of sp³-hybridized carbons (Fsp3) is 0.889. The first-order chi connectivity index (χ1) is 5.74. The number of nitrogens with one attached hydrogen (secondary N) is 1. The largest absolute Gasteiger partial charge is 0.462 e. The van der Waals surface area contributed by atoms with Gasteiger partial charge >= 0.3 is 5.97 Å². The Bertz CT molecular complexity index is 186. The van der Waals surface area contributed by atoms with E-state index in [2.05, 4.69) is 5.32 Å². The highest BCUT2D eigenvalue weighted by atomic mass is 35.5. The molecule has 2 aliphatic heterocycles. The van der Waals surface area contributed by atoms with Crippen LogP contribution >= 0.6 is 12.4 Å². The van der Waals surface area contributed by atoms with Gasteiger partial charge in [-0.3, -0.25) is 4.79 Å². The van der Waals surface area contributed by atoms with E-state index >= 15 is 0 Å². The maximum Gasteiger partial charge on any atom is 0.302 e. The highest BCUT2D eigenvalue weighted by Gasteiger charge is 2.34. The van der Waals surface area contributed by atoms with Crippen molar-refractivity contribution >= 4 is 18.4 Å². The lowest BCUT2D eigenvalue weighted by molar-refractivity contribution is -0.148. The van der Waals surface area contributed by atoms with E-state index in [-0.39, 0.29) is 24.5 Å². The number of carbonyl (C=O) groups excluding carboxylic acids is 1. The molecule has 2 saturated heterocycles. The molecule has 2 aliphatic rings. The predicted molar refractivity (Wildman–Crippen MR) is 52.0 cm³/mol. The molecule has 0 aromatic carbocycles. The standard InChI is InChI=1S/C9H15NO2.ClH/c1-6(11)12-9-4-7-2-3-8(5-9)10-7;/h7-10H,2-5H2,1H3;1H/t7-,8+,9+;. The smallest absolute Gasteiger partial charge is 0.302 e. The van der Waals surface area contributed by atoms with Gasteiger partial charge in [0.2, 0.25) is 0 Å². The van der Waals surface area contributed by atoms with Crippen LogP contribution in [0, 0.1) is 0 Å². The van der Waals surface area contributed by atoms with E-state index in [1.54, 1.807) is 0 Å². The fourth-order valence-corrected chi connectivity index (χ4v) is 2.34. The topological polar surface area (TPSA) is 38.3 Å². The Morgan fingerprint density at radius 2 is 1.85 bits per heavy atom. The molecule has 0 saturated carbocycles. The Balaban J connectivity index is 0.000000845. The van der Waals surface area contributed by atoms with Crippen LogP contribution in [-0.4, -0.2) is 24.2 Å². The summed E-state index contributed by atoms with van der Waals surface area (Å²) >= 11 is 0. The summed E-state index contributed by atoms with van der Waals surface area (Å²) in [6, 6.07) is 1.21. The second-order valence-corrected chi connectivity index (χ2v) is 3.84. The first kappa shape index (κ1) is 10.8. The van der Waals surface area contributed by atoms with Crippen molar-refractivity contribution in [1.29, 1.82) is 0 Å². The monoisotopic (exact) mass is 205 g/mol. The molecule has 0 unspecified atom stereocenters. The van der Waals surface area contributed by atoms with Crippen LogP contribution in [0.15, 0.2) is 0 Å². The zero-order valence-corrected chi connectivity index (χ0v) is 8.60. The number of carbonyl (C=O) groups is 1. The van der Waals surface area contributed by atoms with Gasteiger partial charge in [0.15, 0.2) is 0 Å². The second-order valence-electron chi connectivity index (χ2n) is 3.84. The summed E-state index contributed by atoms with van der Waals surface area (Å²) in [5, 5.41) is 3.50. The van der Waals surface area contributed by atoms with Crippen molar-refractivity contribution in [1.82, 2.24) is 5.32 Å². The summed E-state index contributed by atoms with van der Waals surface area (Å²) in [5.41, 5.74) is 0. The van der Waals surface area contributed by atoms with Crippen LogP contribution in [0.2, 0.25) is 0 Å². The molecule has 76 valence electrons. The molecule has 1 N–H and O–H groups in total. The van der Waals surface area contributed by atoms with Gasteiger partial charge in [0, 0.05) is 19.0 Å². The van der Waals surface area contributed by atoms with E-state index in [4.69, 9.17) is 4.74 Å². The number of halogens is 1. The Morgan fingerprint density at radius 1 is 1.31 bits per heavy atom. The minimum atomic E-state index is -0.138. The number of rotatable bonds is 1. The second kappa shape index (κ2) is 4.29. The minimum absolute atomic E-state index is 0. The third-order valence-corrected chi connectivity index (χ3v) is 2.76. The van der Waals surface area contributed by atoms with Crippen LogP contribution in [0.1, 0.15) is 32.6 Å². The zero-order chi connectivity index (χ0) is 8.55. The van der Waals surface area contributed by atoms with Gasteiger partial charge in [0.05, 0.1) is 0 Å². The number of esters is 1. The molecule has 0 aromatic rings. The molecule has 2 rings (SSSR count). The van der Waals surface area contributed by atoms with Crippen molar-refractivity contribution < 1.29 is 9.53 Å². The van der Waals surface area contributed by atoms with Crippen LogP contribution < -0.4 is 5.32 Å². The zero-order valence-electron chi connectivity index (χ0n) is 7.79. The van der Waals surface area contributed by atoms with E-state index in [9.17, 15) is 4.79 Å². The highest BCUT2D eigenvalue weighted by molar-refractivity contribution is 5.85. The number of piperidine rings is 1. The molecule has 0 aromatic heterocycles. The number of hydrogen-bond acceptors (Lipinski definition) is 3. The Kier molecular flexibility index (Phi) is 3.56. The Labute approximate surface area is 84.6 Å². The molecule has 0 aliphatic carbocycles. The Hall–Kier alpha value is -0.280. The first-order valence-corrected chi connectivity index (χ1v) is 4.67. The molecule has 0 amide bonds. The molecular formula is C9H16ClNO2. The maximum absolute atomic E-state index is 10.7. The van der Waals surface area contributed by atoms with Crippen molar-refractivity contribution in [3.05, 3.63) is 0 Å². The molecule has 2 fully saturated rings. The normalized spacial score (nSPS) is 36.5. The van der Waals surface area contributed by atoms with E-state index < -0.39 is 0 Å². The molecule has 2 heterocycles. The minimum Gasteiger partial charge on any atom is -0.462 e. The summed E-state index contributed by atoms with van der Waals surface area (Å²) in [7, 11) is 0. The fourth-order valence-electron chi connectivity index (χ4n) is 2.34. The summed E-state index contributed by atoms with van der Waals surface area (Å²) < 4.78 is 5.19. The van der Waals surface area contributed by atoms with Crippen LogP contribution in [-0.2, 0) is 9.53 Å². The lowest BCUT2D eigenvalue weighted by Crippen LogP contribution is -2.41. The van der Waals surface area contributed by atoms with Crippen molar-refractivity contribution in [2.24, 2.45) is 0 Å². The van der Waals surface area contributed by atoms with Gasteiger partial charge < -0.3 is 10.1 Å². The van der Waals surface area contributed by atoms with Gasteiger partial charge in [0.1, 0.15) is 6.10 Å². The Morgan fingerprint density at radius 3 is 2.31 bits per heavy atom. The molecular weight excluding hydrogens is 190 g/mol. The average Bonchev–Trinajstić information content (AvgIpc) is 2.29. The van der Waals surface area contributed by atoms with Crippen molar-refractivity contribution in [2.45, 2.75) is 50.8 Å². The summed E-state index contributed by atoms with van der Waals surface area (Å²) in [5.74, 6) is -0.138. The summed E-state index contributed by atoms with van der Waals surface area (Å²) in [6.07, 6.45) is 4.71. The van der Waals surface area contributed by atoms with Crippen LogP contribution in [0.4, 0.5) is 0 Å². The first-order valence-electron chi connectivity index (χ1n) is 4.67. The van der Waals surface area contributed by atoms with Crippen molar-refractivity contribution in [3.8, 4) is 0 Å². The molecule has 0 spiro atoms. The SMILES string of the molecule is CC(=O)O[C@H]1C[C@H]2CC[C@@H](C1)N2.Cl. The maximum atomic E-state index is 10.7. The van der Waals surface area contributed by atoms with Crippen LogP contribution in [0.3, 0.4) is 0 Å². The van der Waals surface area contributed by atoms with Gasteiger partial charge in [-0.2, -0.15) is 0 Å². The third-order valence-electron chi connectivity index (χ3n) is 2.76. The summed E-state index contributed by atoms with van der Waals surface area (Å²) in [4.78, 5) is 10.7. The highest BCUT2D eigenvalue weighted by Crippen LogP contribution is 2.28. The number of fused-ring (bicyclic) bond motifs is 2. The molecule has 2 bridgehead atoms. The van der Waals surface area contributed by atoms with Gasteiger partial charge in [-0.15, -0.1) is 12.4 Å². The molecule has 3 atom stereocenters. The number of ether oxygens (including phenoxy) is 1. The van der Waals surface area contributed by atoms with Gasteiger partial charge in [-0.1, -0.05) is 0 Å². The molecule has 0 radical (unpaired) electrons. The van der Waals surface area contributed by atoms with E-state index in [0.717, 1.165) is 12.8 Å². The van der Waals surface area contributed by atoms with Crippen molar-refractivity contribution in [3.63, 3.8) is 0 Å². The lowest BCUT2D eigenvalue weighted by atomic mass is 10.0. The molecule has 13 heavy (non-hydrogen) atoms. The third kappa shape index (κ3) is 2.58. The van der Waals surface area contributed by atoms with E-state index in [1.807, 2.05) is 0 Å². The average molecular weight is 206 g/mol. The van der Waals surface area contributed by atoms with Gasteiger partial charge in [0.25, 0.3) is 0 Å². The number of hydrogen-bond donors (Lipinski definition) is 1. The quantitative estimate of drug-likeness (QED) is 0.655. The molecule has 4 heteroatoms. The molecule has 3 nitrogen and oxygen atoms in total. The van der Waals surface area contributed by atoms with E-state index in [1.165, 1.54) is 19.8 Å². The van der Waals surface area contributed by atoms with Gasteiger partial charge in [-0.05, 0) is 25.7 Å².